The lowest BCUT2D eigenvalue weighted by atomic mass is 9.78. The molecule has 3 unspecified atom stereocenters. The number of esters is 1. The highest BCUT2D eigenvalue weighted by Gasteiger charge is 2.30. The van der Waals surface area contributed by atoms with E-state index in [9.17, 15) is 18.0 Å². The molecular weight excluding hydrogens is 416 g/mol. The summed E-state index contributed by atoms with van der Waals surface area (Å²) in [4.78, 5) is 24.8. The predicted molar refractivity (Wildman–Crippen MR) is 120 cm³/mol. The van der Waals surface area contributed by atoms with Crippen LogP contribution < -0.4 is 10.0 Å². The lowest BCUT2D eigenvalue weighted by Crippen LogP contribution is -2.46. The third kappa shape index (κ3) is 6.07. The molecule has 1 aromatic rings. The maximum atomic E-state index is 13.0. The fraction of sp³-hybridized carbons (Fsp3) is 0.652. The zero-order valence-electron chi connectivity index (χ0n) is 19.7. The Bertz CT molecular complexity index is 916. The van der Waals surface area contributed by atoms with E-state index in [4.69, 9.17) is 4.74 Å². The first-order valence-corrected chi connectivity index (χ1v) is 12.4. The van der Waals surface area contributed by atoms with Gasteiger partial charge in [-0.1, -0.05) is 32.8 Å². The Labute approximate surface area is 186 Å². The second kappa shape index (κ2) is 10.1. The Morgan fingerprint density at radius 3 is 2.26 bits per heavy atom. The van der Waals surface area contributed by atoms with Crippen LogP contribution >= 0.6 is 0 Å². The summed E-state index contributed by atoms with van der Waals surface area (Å²) in [5.41, 5.74) is 3.01. The number of benzene rings is 1. The summed E-state index contributed by atoms with van der Waals surface area (Å²) in [6.07, 6.45) is 3.13. The van der Waals surface area contributed by atoms with Crippen molar-refractivity contribution in [1.29, 1.82) is 0 Å². The molecule has 2 rings (SSSR count). The predicted octanol–water partition coefficient (Wildman–Crippen LogP) is 3.07. The summed E-state index contributed by atoms with van der Waals surface area (Å²) >= 11 is 0. The number of ether oxygens (including phenoxy) is 1. The minimum atomic E-state index is -3.94. The van der Waals surface area contributed by atoms with Crippen molar-refractivity contribution in [3.8, 4) is 0 Å². The van der Waals surface area contributed by atoms with Gasteiger partial charge in [0.1, 0.15) is 6.04 Å². The van der Waals surface area contributed by atoms with Crippen LogP contribution in [0.1, 0.15) is 62.3 Å². The first-order chi connectivity index (χ1) is 14.3. The van der Waals surface area contributed by atoms with Crippen molar-refractivity contribution >= 4 is 21.9 Å². The Hall–Kier alpha value is -1.93. The minimum absolute atomic E-state index is 0.0707. The molecule has 1 aromatic carbocycles. The molecule has 0 radical (unpaired) electrons. The molecule has 1 fully saturated rings. The number of rotatable bonds is 7. The van der Waals surface area contributed by atoms with E-state index in [1.165, 1.54) is 6.92 Å². The van der Waals surface area contributed by atoms with E-state index in [2.05, 4.69) is 23.9 Å². The molecule has 0 aliphatic heterocycles. The summed E-state index contributed by atoms with van der Waals surface area (Å²) < 4.78 is 33.4. The van der Waals surface area contributed by atoms with E-state index in [0.717, 1.165) is 30.4 Å². The van der Waals surface area contributed by atoms with Crippen LogP contribution in [0, 0.1) is 39.5 Å². The van der Waals surface area contributed by atoms with Gasteiger partial charge in [0.2, 0.25) is 10.0 Å². The van der Waals surface area contributed by atoms with Crippen molar-refractivity contribution in [3.63, 3.8) is 0 Å². The monoisotopic (exact) mass is 452 g/mol. The van der Waals surface area contributed by atoms with E-state index in [1.54, 1.807) is 13.8 Å². The van der Waals surface area contributed by atoms with Gasteiger partial charge in [-0.05, 0) is 75.1 Å². The van der Waals surface area contributed by atoms with Gasteiger partial charge in [0.05, 0.1) is 4.90 Å². The quantitative estimate of drug-likeness (QED) is 0.619. The van der Waals surface area contributed by atoms with Gasteiger partial charge in [0, 0.05) is 6.04 Å². The maximum absolute atomic E-state index is 13.0. The molecule has 0 spiro atoms. The first-order valence-electron chi connectivity index (χ1n) is 10.9. The van der Waals surface area contributed by atoms with Crippen LogP contribution in [0.2, 0.25) is 0 Å². The average molecular weight is 453 g/mol. The molecule has 1 amide bonds. The Kier molecular flexibility index (Phi) is 8.27. The number of aryl methyl sites for hydroxylation is 2. The fourth-order valence-corrected chi connectivity index (χ4v) is 6.03. The fourth-order valence-electron chi connectivity index (χ4n) is 4.22. The summed E-state index contributed by atoms with van der Waals surface area (Å²) in [5.74, 6) is -0.254. The van der Waals surface area contributed by atoms with E-state index < -0.39 is 28.6 Å². The van der Waals surface area contributed by atoms with Crippen LogP contribution in [0.4, 0.5) is 0 Å². The van der Waals surface area contributed by atoms with Crippen molar-refractivity contribution in [2.24, 2.45) is 11.8 Å². The smallest absolute Gasteiger partial charge is 0.324 e. The normalized spacial score (nSPS) is 22.6. The molecule has 0 bridgehead atoms. The van der Waals surface area contributed by atoms with E-state index in [-0.39, 0.29) is 16.8 Å². The van der Waals surface area contributed by atoms with Crippen LogP contribution in [0.25, 0.3) is 0 Å². The lowest BCUT2D eigenvalue weighted by molar-refractivity contribution is -0.150. The third-order valence-corrected chi connectivity index (χ3v) is 8.46. The van der Waals surface area contributed by atoms with Gasteiger partial charge in [0.25, 0.3) is 5.91 Å². The molecule has 0 heterocycles. The van der Waals surface area contributed by atoms with E-state index >= 15 is 0 Å². The number of sulfonamides is 1. The van der Waals surface area contributed by atoms with Gasteiger partial charge < -0.3 is 10.1 Å². The maximum Gasteiger partial charge on any atom is 0.324 e. The highest BCUT2D eigenvalue weighted by atomic mass is 32.2. The Balaban J connectivity index is 1.97. The SMILES string of the molecule is Cc1cc(C)c(C)c(S(=O)(=O)N[C@@H](C)C(=O)OCC(=O)NC2CCCC(C)C2C)c1C. The van der Waals surface area contributed by atoms with Crippen LogP contribution in [-0.2, 0) is 24.3 Å². The first kappa shape index (κ1) is 25.3. The Morgan fingerprint density at radius 1 is 1.10 bits per heavy atom. The zero-order chi connectivity index (χ0) is 23.5. The standard InChI is InChI=1S/C23H36N2O5S/c1-13-9-8-10-20(16(13)4)24-21(26)12-30-23(27)19(7)25-31(28,29)22-17(5)14(2)11-15(3)18(22)6/h11,13,16,19-20,25H,8-10,12H2,1-7H3,(H,24,26)/t13?,16?,19-,20?/m0/s1. The summed E-state index contributed by atoms with van der Waals surface area (Å²) in [5, 5.41) is 2.94. The van der Waals surface area contributed by atoms with Crippen molar-refractivity contribution in [3.05, 3.63) is 28.3 Å². The van der Waals surface area contributed by atoms with Gasteiger partial charge in [-0.15, -0.1) is 0 Å². The molecule has 1 saturated carbocycles. The zero-order valence-corrected chi connectivity index (χ0v) is 20.5. The summed E-state index contributed by atoms with van der Waals surface area (Å²) in [7, 11) is -3.94. The van der Waals surface area contributed by atoms with Crippen molar-refractivity contribution < 1.29 is 22.7 Å². The van der Waals surface area contributed by atoms with Gasteiger partial charge in [-0.3, -0.25) is 9.59 Å². The van der Waals surface area contributed by atoms with Crippen LogP contribution in [0.3, 0.4) is 0 Å². The summed E-state index contributed by atoms with van der Waals surface area (Å²) in [6, 6.07) is 0.890. The number of carbonyl (C=O) groups is 2. The molecule has 0 saturated heterocycles. The largest absolute Gasteiger partial charge is 0.454 e. The van der Waals surface area contributed by atoms with Gasteiger partial charge in [-0.2, -0.15) is 4.72 Å². The summed E-state index contributed by atoms with van der Waals surface area (Å²) in [6.45, 7) is 12.5. The lowest BCUT2D eigenvalue weighted by Gasteiger charge is -2.34. The molecule has 4 atom stereocenters. The highest BCUT2D eigenvalue weighted by molar-refractivity contribution is 7.89. The molecular formula is C23H36N2O5S. The second-order valence-corrected chi connectivity index (χ2v) is 10.6. The molecule has 31 heavy (non-hydrogen) atoms. The number of hydrogen-bond acceptors (Lipinski definition) is 5. The van der Waals surface area contributed by atoms with Crippen molar-refractivity contribution in [1.82, 2.24) is 10.0 Å². The minimum Gasteiger partial charge on any atom is -0.454 e. The topological polar surface area (TPSA) is 102 Å². The van der Waals surface area contributed by atoms with Gasteiger partial charge >= 0.3 is 5.97 Å². The van der Waals surface area contributed by atoms with E-state index in [1.807, 2.05) is 19.9 Å². The molecule has 2 N–H and O–H groups in total. The van der Waals surface area contributed by atoms with Crippen molar-refractivity contribution in [2.45, 2.75) is 84.7 Å². The van der Waals surface area contributed by atoms with Gasteiger partial charge in [-0.25, -0.2) is 8.42 Å². The molecule has 7 nitrogen and oxygen atoms in total. The number of carbonyl (C=O) groups excluding carboxylic acids is 2. The molecule has 174 valence electrons. The molecule has 8 heteroatoms. The second-order valence-electron chi connectivity index (χ2n) is 8.98. The molecule has 0 aromatic heterocycles. The van der Waals surface area contributed by atoms with Gasteiger partial charge in [0.15, 0.2) is 6.61 Å². The number of amides is 1. The molecule has 1 aliphatic rings. The van der Waals surface area contributed by atoms with E-state index in [0.29, 0.717) is 23.0 Å². The van der Waals surface area contributed by atoms with Crippen LogP contribution in [0.5, 0.6) is 0 Å². The number of nitrogens with one attached hydrogen (secondary N) is 2. The highest BCUT2D eigenvalue weighted by Crippen LogP contribution is 2.29. The van der Waals surface area contributed by atoms with Crippen LogP contribution in [0.15, 0.2) is 11.0 Å². The average Bonchev–Trinajstić information content (AvgIpc) is 2.67. The Morgan fingerprint density at radius 2 is 1.68 bits per heavy atom. The number of hydrogen-bond donors (Lipinski definition) is 2. The third-order valence-electron chi connectivity index (χ3n) is 6.65. The molecule has 1 aliphatic carbocycles. The van der Waals surface area contributed by atoms with Crippen molar-refractivity contribution in [2.75, 3.05) is 6.61 Å². The van der Waals surface area contributed by atoms with Crippen LogP contribution in [-0.4, -0.2) is 39.0 Å².